The SMILES string of the molecule is O=C(COc1ccc2c(c1)CCC(=O)N2)N=Nc1c(O)[nH]c2ccccc12. The molecule has 0 saturated carbocycles. The van der Waals surface area contributed by atoms with Crippen molar-refractivity contribution in [1.29, 1.82) is 0 Å². The van der Waals surface area contributed by atoms with Crippen LogP contribution >= 0.6 is 0 Å². The van der Waals surface area contributed by atoms with E-state index in [1.54, 1.807) is 36.4 Å². The zero-order valence-electron chi connectivity index (χ0n) is 14.2. The van der Waals surface area contributed by atoms with Crippen molar-refractivity contribution in [2.75, 3.05) is 11.9 Å². The number of nitrogens with one attached hydrogen (secondary N) is 2. The molecule has 27 heavy (non-hydrogen) atoms. The molecule has 136 valence electrons. The molecular weight excluding hydrogens is 348 g/mol. The van der Waals surface area contributed by atoms with E-state index in [-0.39, 0.29) is 24.1 Å². The van der Waals surface area contributed by atoms with Crippen LogP contribution in [0, 0.1) is 0 Å². The first kappa shape index (κ1) is 16.8. The smallest absolute Gasteiger partial charge is 0.302 e. The number of hydrogen-bond acceptors (Lipinski definition) is 5. The predicted molar refractivity (Wildman–Crippen MR) is 98.4 cm³/mol. The van der Waals surface area contributed by atoms with E-state index < -0.39 is 5.91 Å². The fourth-order valence-corrected chi connectivity index (χ4v) is 2.94. The van der Waals surface area contributed by atoms with Crippen LogP contribution in [0.4, 0.5) is 11.4 Å². The fraction of sp³-hybridized carbons (Fsp3) is 0.158. The maximum Gasteiger partial charge on any atom is 0.302 e. The van der Waals surface area contributed by atoms with Gasteiger partial charge in [-0.2, -0.15) is 0 Å². The Morgan fingerprint density at radius 1 is 1.19 bits per heavy atom. The normalized spacial score (nSPS) is 13.6. The molecule has 8 nitrogen and oxygen atoms in total. The van der Waals surface area contributed by atoms with Crippen LogP contribution in [0.15, 0.2) is 52.7 Å². The summed E-state index contributed by atoms with van der Waals surface area (Å²) in [6.07, 6.45) is 1.06. The second kappa shape index (κ2) is 6.91. The molecule has 0 radical (unpaired) electrons. The number of ether oxygens (including phenoxy) is 1. The number of carbonyl (C=O) groups excluding carboxylic acids is 2. The van der Waals surface area contributed by atoms with Gasteiger partial charge in [-0.25, -0.2) is 0 Å². The molecule has 0 aliphatic carbocycles. The second-order valence-corrected chi connectivity index (χ2v) is 6.12. The van der Waals surface area contributed by atoms with Crippen LogP contribution in [-0.2, 0) is 16.0 Å². The van der Waals surface area contributed by atoms with E-state index >= 15 is 0 Å². The van der Waals surface area contributed by atoms with Gasteiger partial charge in [-0.15, -0.1) is 10.2 Å². The van der Waals surface area contributed by atoms with Crippen molar-refractivity contribution < 1.29 is 19.4 Å². The number of amides is 2. The van der Waals surface area contributed by atoms with E-state index in [1.165, 1.54) is 0 Å². The zero-order chi connectivity index (χ0) is 18.8. The lowest BCUT2D eigenvalue weighted by Crippen LogP contribution is -2.19. The highest BCUT2D eigenvalue weighted by Gasteiger charge is 2.15. The van der Waals surface area contributed by atoms with Crippen molar-refractivity contribution in [3.63, 3.8) is 0 Å². The van der Waals surface area contributed by atoms with E-state index in [0.29, 0.717) is 29.5 Å². The summed E-state index contributed by atoms with van der Waals surface area (Å²) in [5.74, 6) is -0.216. The number of anilines is 1. The van der Waals surface area contributed by atoms with Crippen LogP contribution < -0.4 is 10.1 Å². The Labute approximate surface area is 153 Å². The Morgan fingerprint density at radius 3 is 2.93 bits per heavy atom. The average molecular weight is 364 g/mol. The van der Waals surface area contributed by atoms with E-state index in [9.17, 15) is 14.7 Å². The van der Waals surface area contributed by atoms with Gasteiger partial charge in [0.25, 0.3) is 0 Å². The van der Waals surface area contributed by atoms with Crippen molar-refractivity contribution in [3.8, 4) is 11.6 Å². The first-order valence-electron chi connectivity index (χ1n) is 8.40. The maximum absolute atomic E-state index is 12.0. The molecule has 3 N–H and O–H groups in total. The van der Waals surface area contributed by atoms with Crippen molar-refractivity contribution in [1.82, 2.24) is 4.98 Å². The quantitative estimate of drug-likeness (QED) is 0.615. The predicted octanol–water partition coefficient (Wildman–Crippen LogP) is 3.45. The van der Waals surface area contributed by atoms with Gasteiger partial charge in [-0.3, -0.25) is 9.59 Å². The number of H-pyrrole nitrogens is 1. The van der Waals surface area contributed by atoms with Crippen molar-refractivity contribution in [2.45, 2.75) is 12.8 Å². The van der Waals surface area contributed by atoms with E-state index in [4.69, 9.17) is 4.74 Å². The number of aryl methyl sites for hydroxylation is 1. The third-order valence-electron chi connectivity index (χ3n) is 4.26. The van der Waals surface area contributed by atoms with Crippen LogP contribution in [0.3, 0.4) is 0 Å². The molecule has 1 aliphatic rings. The lowest BCUT2D eigenvalue weighted by atomic mass is 10.0. The van der Waals surface area contributed by atoms with Crippen LogP contribution in [-0.4, -0.2) is 28.5 Å². The van der Waals surface area contributed by atoms with Gasteiger partial charge in [0.1, 0.15) is 5.75 Å². The number of fused-ring (bicyclic) bond motifs is 2. The van der Waals surface area contributed by atoms with Crippen LogP contribution in [0.5, 0.6) is 11.6 Å². The van der Waals surface area contributed by atoms with Crippen molar-refractivity contribution >= 4 is 34.1 Å². The summed E-state index contributed by atoms with van der Waals surface area (Å²) >= 11 is 0. The number of aromatic nitrogens is 1. The van der Waals surface area contributed by atoms with Crippen molar-refractivity contribution in [3.05, 3.63) is 48.0 Å². The Kier molecular flexibility index (Phi) is 4.29. The summed E-state index contributed by atoms with van der Waals surface area (Å²) in [4.78, 5) is 26.1. The molecule has 4 rings (SSSR count). The molecule has 0 atom stereocenters. The number of benzene rings is 2. The van der Waals surface area contributed by atoms with E-state index in [1.807, 2.05) is 6.07 Å². The van der Waals surface area contributed by atoms with E-state index in [2.05, 4.69) is 20.5 Å². The molecule has 3 aromatic rings. The van der Waals surface area contributed by atoms with Crippen LogP contribution in [0.25, 0.3) is 10.9 Å². The maximum atomic E-state index is 12.0. The van der Waals surface area contributed by atoms with Gasteiger partial charge < -0.3 is 20.1 Å². The molecule has 0 unspecified atom stereocenters. The lowest BCUT2D eigenvalue weighted by Gasteiger charge is -2.17. The van der Waals surface area contributed by atoms with Crippen LogP contribution in [0.2, 0.25) is 0 Å². The van der Waals surface area contributed by atoms with Gasteiger partial charge in [-0.05, 0) is 36.2 Å². The van der Waals surface area contributed by atoms with Gasteiger partial charge in [0.05, 0.1) is 5.52 Å². The topological polar surface area (TPSA) is 116 Å². The van der Waals surface area contributed by atoms with Gasteiger partial charge in [0.15, 0.2) is 12.3 Å². The molecule has 1 aromatic heterocycles. The summed E-state index contributed by atoms with van der Waals surface area (Å²) in [5.41, 5.74) is 2.64. The minimum absolute atomic E-state index is 0.00714. The minimum Gasteiger partial charge on any atom is -0.493 e. The standard InChI is InChI=1S/C19H16N4O4/c24-16-8-5-11-9-12(6-7-14(11)20-16)27-10-17(25)22-23-18-13-3-1-2-4-15(13)21-19(18)26/h1-4,6-7,9,21,26H,5,8,10H2,(H,20,24). The average Bonchev–Trinajstić information content (AvgIpc) is 2.99. The molecule has 2 amide bonds. The Bertz CT molecular complexity index is 1070. The van der Waals surface area contributed by atoms with Gasteiger partial charge in [-0.1, -0.05) is 18.2 Å². The minimum atomic E-state index is -0.578. The molecule has 0 fully saturated rings. The third kappa shape index (κ3) is 3.50. The largest absolute Gasteiger partial charge is 0.493 e. The number of para-hydroxylation sites is 1. The third-order valence-corrected chi connectivity index (χ3v) is 4.26. The summed E-state index contributed by atoms with van der Waals surface area (Å²) in [7, 11) is 0. The molecular formula is C19H16N4O4. The molecule has 0 spiro atoms. The summed E-state index contributed by atoms with van der Waals surface area (Å²) in [6, 6.07) is 12.4. The summed E-state index contributed by atoms with van der Waals surface area (Å²) in [5, 5.41) is 20.8. The zero-order valence-corrected chi connectivity index (χ0v) is 14.2. The molecule has 2 aromatic carbocycles. The van der Waals surface area contributed by atoms with Gasteiger partial charge in [0, 0.05) is 17.5 Å². The Balaban J connectivity index is 1.42. The fourth-order valence-electron chi connectivity index (χ4n) is 2.94. The van der Waals surface area contributed by atoms with Crippen LogP contribution in [0.1, 0.15) is 12.0 Å². The summed E-state index contributed by atoms with van der Waals surface area (Å²) in [6.45, 7) is -0.280. The molecule has 2 heterocycles. The number of hydrogen-bond donors (Lipinski definition) is 3. The molecule has 1 aliphatic heterocycles. The molecule has 0 saturated heterocycles. The Morgan fingerprint density at radius 2 is 2.04 bits per heavy atom. The number of carbonyl (C=O) groups is 2. The number of aromatic hydroxyl groups is 1. The highest BCUT2D eigenvalue weighted by atomic mass is 16.5. The summed E-state index contributed by atoms with van der Waals surface area (Å²) < 4.78 is 5.46. The highest BCUT2D eigenvalue weighted by Crippen LogP contribution is 2.35. The van der Waals surface area contributed by atoms with Crippen molar-refractivity contribution in [2.24, 2.45) is 10.2 Å². The van der Waals surface area contributed by atoms with Gasteiger partial charge >= 0.3 is 5.91 Å². The second-order valence-electron chi connectivity index (χ2n) is 6.12. The monoisotopic (exact) mass is 364 g/mol. The number of nitrogens with zero attached hydrogens (tertiary/aromatic N) is 2. The highest BCUT2D eigenvalue weighted by molar-refractivity contribution is 5.95. The number of azo groups is 1. The van der Waals surface area contributed by atoms with E-state index in [0.717, 1.165) is 11.3 Å². The lowest BCUT2D eigenvalue weighted by molar-refractivity contribution is -0.120. The van der Waals surface area contributed by atoms with Gasteiger partial charge in [0.2, 0.25) is 11.8 Å². The first-order valence-corrected chi connectivity index (χ1v) is 8.40. The first-order chi connectivity index (χ1) is 13.1. The number of aromatic amines is 1. The number of rotatable bonds is 4. The molecule has 0 bridgehead atoms. The Hall–Kier alpha value is -3.68. The molecule has 8 heteroatoms.